The second-order valence-electron chi connectivity index (χ2n) is 6.23. The molecule has 2 aromatic rings. The fraction of sp³-hybridized carbons (Fsp3) is 0.250. The summed E-state index contributed by atoms with van der Waals surface area (Å²) in [4.78, 5) is 11.9. The van der Waals surface area contributed by atoms with Crippen molar-refractivity contribution in [2.75, 3.05) is 5.32 Å². The molecule has 0 aliphatic rings. The van der Waals surface area contributed by atoms with E-state index in [9.17, 15) is 18.0 Å². The van der Waals surface area contributed by atoms with Crippen molar-refractivity contribution in [2.24, 2.45) is 5.92 Å². The van der Waals surface area contributed by atoms with Gasteiger partial charge in [0, 0.05) is 11.8 Å². The standard InChI is InChI=1S/C20H20F3NO2/c1-14(2)13-16-5-3-15(4-6-16)7-12-19(25)24-17-8-10-18(11-9-17)26-20(21,22)23/h3-12,14H,13H2,1-2H3,(H,24,25)/b12-7+. The van der Waals surface area contributed by atoms with Gasteiger partial charge in [-0.15, -0.1) is 13.2 Å². The lowest BCUT2D eigenvalue weighted by Crippen LogP contribution is -2.17. The minimum absolute atomic E-state index is 0.340. The van der Waals surface area contributed by atoms with E-state index in [4.69, 9.17) is 0 Å². The van der Waals surface area contributed by atoms with Crippen LogP contribution in [0.5, 0.6) is 5.75 Å². The fourth-order valence-electron chi connectivity index (χ4n) is 2.33. The van der Waals surface area contributed by atoms with E-state index in [1.54, 1.807) is 6.08 Å². The summed E-state index contributed by atoms with van der Waals surface area (Å²) in [6.07, 6.45) is -0.691. The number of carbonyl (C=O) groups is 1. The Bertz CT molecular complexity index is 748. The average molecular weight is 363 g/mol. The number of rotatable bonds is 6. The molecule has 3 nitrogen and oxygen atoms in total. The Labute approximate surface area is 150 Å². The van der Waals surface area contributed by atoms with Gasteiger partial charge in [-0.2, -0.15) is 0 Å². The molecule has 2 rings (SSSR count). The molecule has 0 aliphatic carbocycles. The first kappa shape index (κ1) is 19.6. The van der Waals surface area contributed by atoms with E-state index in [0.717, 1.165) is 24.1 Å². The number of halogens is 3. The minimum Gasteiger partial charge on any atom is -0.406 e. The van der Waals surface area contributed by atoms with E-state index in [0.29, 0.717) is 11.6 Å². The highest BCUT2D eigenvalue weighted by atomic mass is 19.4. The SMILES string of the molecule is CC(C)Cc1ccc(/C=C/C(=O)Nc2ccc(OC(F)(F)F)cc2)cc1. The molecule has 0 atom stereocenters. The van der Waals surface area contributed by atoms with Crippen LogP contribution in [0.15, 0.2) is 54.6 Å². The van der Waals surface area contributed by atoms with Crippen molar-refractivity contribution < 1.29 is 22.7 Å². The summed E-state index contributed by atoms with van der Waals surface area (Å²) < 4.78 is 40.1. The maximum Gasteiger partial charge on any atom is 0.573 e. The highest BCUT2D eigenvalue weighted by Gasteiger charge is 2.30. The van der Waals surface area contributed by atoms with Gasteiger partial charge >= 0.3 is 6.36 Å². The third kappa shape index (κ3) is 7.01. The van der Waals surface area contributed by atoms with Gasteiger partial charge in [0.05, 0.1) is 0 Å². The summed E-state index contributed by atoms with van der Waals surface area (Å²) in [6.45, 7) is 4.31. The van der Waals surface area contributed by atoms with Crippen LogP contribution in [0.4, 0.5) is 18.9 Å². The quantitative estimate of drug-likeness (QED) is 0.695. The number of nitrogens with one attached hydrogen (secondary N) is 1. The Balaban J connectivity index is 1.90. The predicted octanol–water partition coefficient (Wildman–Crippen LogP) is 5.44. The van der Waals surface area contributed by atoms with Crippen molar-refractivity contribution in [1.29, 1.82) is 0 Å². The molecule has 0 saturated heterocycles. The van der Waals surface area contributed by atoms with Crippen LogP contribution in [0.3, 0.4) is 0 Å². The smallest absolute Gasteiger partial charge is 0.406 e. The Morgan fingerprint density at radius 2 is 1.69 bits per heavy atom. The fourth-order valence-corrected chi connectivity index (χ4v) is 2.33. The van der Waals surface area contributed by atoms with Gasteiger partial charge in [-0.3, -0.25) is 4.79 Å². The molecule has 0 spiro atoms. The van der Waals surface area contributed by atoms with Crippen molar-refractivity contribution in [3.05, 3.63) is 65.7 Å². The summed E-state index contributed by atoms with van der Waals surface area (Å²) in [7, 11) is 0. The van der Waals surface area contributed by atoms with Crippen LogP contribution in [0, 0.1) is 5.92 Å². The van der Waals surface area contributed by atoms with E-state index in [-0.39, 0.29) is 11.7 Å². The molecule has 0 heterocycles. The molecule has 0 aliphatic heterocycles. The molecular weight excluding hydrogens is 343 g/mol. The third-order valence-corrected chi connectivity index (χ3v) is 3.41. The molecule has 0 saturated carbocycles. The molecule has 0 fully saturated rings. The lowest BCUT2D eigenvalue weighted by molar-refractivity contribution is -0.274. The van der Waals surface area contributed by atoms with Crippen LogP contribution in [0.1, 0.15) is 25.0 Å². The first-order valence-electron chi connectivity index (χ1n) is 8.15. The maximum absolute atomic E-state index is 12.1. The zero-order valence-corrected chi connectivity index (χ0v) is 14.5. The van der Waals surface area contributed by atoms with E-state index in [1.165, 1.54) is 23.8 Å². The summed E-state index contributed by atoms with van der Waals surface area (Å²) in [6, 6.07) is 12.9. The van der Waals surface area contributed by atoms with Crippen molar-refractivity contribution in [3.63, 3.8) is 0 Å². The molecule has 1 amide bonds. The molecule has 2 aromatic carbocycles. The molecule has 1 N–H and O–H groups in total. The first-order chi connectivity index (χ1) is 12.2. The highest BCUT2D eigenvalue weighted by Crippen LogP contribution is 2.24. The molecule has 138 valence electrons. The van der Waals surface area contributed by atoms with E-state index in [2.05, 4.69) is 23.9 Å². The van der Waals surface area contributed by atoms with Gasteiger partial charge in [-0.05, 0) is 53.8 Å². The van der Waals surface area contributed by atoms with Crippen LogP contribution >= 0.6 is 0 Å². The number of alkyl halides is 3. The van der Waals surface area contributed by atoms with Crippen LogP contribution in [-0.4, -0.2) is 12.3 Å². The number of anilines is 1. The Morgan fingerprint density at radius 1 is 1.08 bits per heavy atom. The van der Waals surface area contributed by atoms with Gasteiger partial charge < -0.3 is 10.1 Å². The van der Waals surface area contributed by atoms with Gasteiger partial charge in [-0.25, -0.2) is 0 Å². The molecule has 0 radical (unpaired) electrons. The Kier molecular flexibility index (Phi) is 6.44. The topological polar surface area (TPSA) is 38.3 Å². The maximum atomic E-state index is 12.1. The number of hydrogen-bond donors (Lipinski definition) is 1. The van der Waals surface area contributed by atoms with Crippen molar-refractivity contribution >= 4 is 17.7 Å². The number of amides is 1. The predicted molar refractivity (Wildman–Crippen MR) is 95.8 cm³/mol. The zero-order chi connectivity index (χ0) is 19.2. The Hall–Kier alpha value is -2.76. The highest BCUT2D eigenvalue weighted by molar-refractivity contribution is 6.01. The van der Waals surface area contributed by atoms with Gasteiger partial charge in [0.15, 0.2) is 0 Å². The molecule has 26 heavy (non-hydrogen) atoms. The van der Waals surface area contributed by atoms with Crippen LogP contribution in [0.25, 0.3) is 6.08 Å². The van der Waals surface area contributed by atoms with Gasteiger partial charge in [0.2, 0.25) is 5.91 Å². The van der Waals surface area contributed by atoms with Crippen LogP contribution in [0.2, 0.25) is 0 Å². The number of ether oxygens (including phenoxy) is 1. The van der Waals surface area contributed by atoms with Crippen molar-refractivity contribution in [2.45, 2.75) is 26.6 Å². The molecule has 0 aromatic heterocycles. The van der Waals surface area contributed by atoms with Crippen molar-refractivity contribution in [1.82, 2.24) is 0 Å². The van der Waals surface area contributed by atoms with Gasteiger partial charge in [0.1, 0.15) is 5.75 Å². The summed E-state index contributed by atoms with van der Waals surface area (Å²) >= 11 is 0. The van der Waals surface area contributed by atoms with E-state index in [1.807, 2.05) is 24.3 Å². The van der Waals surface area contributed by atoms with Crippen LogP contribution in [-0.2, 0) is 11.2 Å². The van der Waals surface area contributed by atoms with Crippen LogP contribution < -0.4 is 10.1 Å². The number of benzene rings is 2. The van der Waals surface area contributed by atoms with Crippen molar-refractivity contribution in [3.8, 4) is 5.75 Å². The van der Waals surface area contributed by atoms with E-state index >= 15 is 0 Å². The van der Waals surface area contributed by atoms with E-state index < -0.39 is 6.36 Å². The zero-order valence-electron chi connectivity index (χ0n) is 14.5. The van der Waals surface area contributed by atoms with Gasteiger partial charge in [-0.1, -0.05) is 38.1 Å². The summed E-state index contributed by atoms with van der Waals surface area (Å²) in [5, 5.41) is 2.58. The van der Waals surface area contributed by atoms with Gasteiger partial charge in [0.25, 0.3) is 0 Å². The molecule has 6 heteroatoms. The monoisotopic (exact) mass is 363 g/mol. The summed E-state index contributed by atoms with van der Waals surface area (Å²) in [5.41, 5.74) is 2.51. The Morgan fingerprint density at radius 3 is 2.23 bits per heavy atom. The molecular formula is C20H20F3NO2. The normalized spacial score (nSPS) is 11.8. The molecule has 0 bridgehead atoms. The largest absolute Gasteiger partial charge is 0.573 e. The average Bonchev–Trinajstić information content (AvgIpc) is 2.54. The summed E-state index contributed by atoms with van der Waals surface area (Å²) in [5.74, 6) is -0.136. The second kappa shape index (κ2) is 8.56. The molecule has 0 unspecified atom stereocenters. The number of hydrogen-bond acceptors (Lipinski definition) is 2. The second-order valence-corrected chi connectivity index (χ2v) is 6.23. The first-order valence-corrected chi connectivity index (χ1v) is 8.15. The lowest BCUT2D eigenvalue weighted by Gasteiger charge is -2.09. The third-order valence-electron chi connectivity index (χ3n) is 3.41. The minimum atomic E-state index is -4.74. The number of carbonyl (C=O) groups excluding carboxylic acids is 1. The lowest BCUT2D eigenvalue weighted by atomic mass is 10.0.